The lowest BCUT2D eigenvalue weighted by Crippen LogP contribution is -2.43. The average Bonchev–Trinajstić information content (AvgIpc) is 2.84. The molecule has 1 aliphatic heterocycles. The normalized spacial score (nSPS) is 15.8. The molecular weight excluding hydrogens is 260 g/mol. The molecule has 0 unspecified atom stereocenters. The minimum absolute atomic E-state index is 0.0198. The Labute approximate surface area is 115 Å². The smallest absolute Gasteiger partial charge is 0.263 e. The van der Waals surface area contributed by atoms with E-state index in [1.165, 1.54) is 10.9 Å². The van der Waals surface area contributed by atoms with Gasteiger partial charge in [0.2, 0.25) is 5.91 Å². The first-order valence-electron chi connectivity index (χ1n) is 6.55. The van der Waals surface area contributed by atoms with Crippen molar-refractivity contribution in [3.63, 3.8) is 0 Å². The number of aromatic amines is 1. The van der Waals surface area contributed by atoms with Crippen molar-refractivity contribution in [3.05, 3.63) is 28.4 Å². The number of hydrogen-bond donors (Lipinski definition) is 1. The number of H-pyrrole nitrogens is 1. The van der Waals surface area contributed by atoms with Crippen molar-refractivity contribution >= 4 is 16.9 Å². The maximum atomic E-state index is 12.3. The second-order valence-electron chi connectivity index (χ2n) is 4.89. The summed E-state index contributed by atoms with van der Waals surface area (Å²) in [4.78, 5) is 33.3. The minimum Gasteiger partial charge on any atom is -0.378 e. The van der Waals surface area contributed by atoms with E-state index in [1.807, 2.05) is 6.92 Å². The Morgan fingerprint density at radius 1 is 1.45 bits per heavy atom. The first-order valence-corrected chi connectivity index (χ1v) is 6.55. The zero-order chi connectivity index (χ0) is 14.1. The second-order valence-corrected chi connectivity index (χ2v) is 4.89. The number of morpholine rings is 1. The van der Waals surface area contributed by atoms with E-state index in [0.717, 1.165) is 5.69 Å². The molecule has 2 aromatic heterocycles. The van der Waals surface area contributed by atoms with Crippen molar-refractivity contribution in [1.82, 2.24) is 19.4 Å². The van der Waals surface area contributed by atoms with Gasteiger partial charge in [-0.2, -0.15) is 0 Å². The van der Waals surface area contributed by atoms with Crippen LogP contribution in [-0.4, -0.2) is 51.6 Å². The lowest BCUT2D eigenvalue weighted by molar-refractivity contribution is -0.135. The molecule has 0 aliphatic carbocycles. The Balaban J connectivity index is 1.85. The Hall–Kier alpha value is -2.15. The number of rotatable bonds is 2. The summed E-state index contributed by atoms with van der Waals surface area (Å²) < 4.78 is 6.56. The molecule has 1 saturated heterocycles. The molecule has 2 aromatic rings. The number of amides is 1. The molecule has 3 heterocycles. The SMILES string of the molecule is Cc1cc2c(=O)n(CC(=O)N3CCOCC3)cnc2[nH]1. The van der Waals surface area contributed by atoms with E-state index < -0.39 is 0 Å². The maximum absolute atomic E-state index is 12.3. The highest BCUT2D eigenvalue weighted by atomic mass is 16.5. The highest BCUT2D eigenvalue weighted by Gasteiger charge is 2.18. The van der Waals surface area contributed by atoms with Crippen LogP contribution in [0.3, 0.4) is 0 Å². The molecule has 0 aromatic carbocycles. The van der Waals surface area contributed by atoms with Gasteiger partial charge in [0, 0.05) is 18.8 Å². The molecule has 0 bridgehead atoms. The van der Waals surface area contributed by atoms with Crippen LogP contribution in [0.1, 0.15) is 5.69 Å². The summed E-state index contributed by atoms with van der Waals surface area (Å²) in [6.45, 7) is 4.14. The minimum atomic E-state index is -0.194. The molecule has 0 radical (unpaired) electrons. The van der Waals surface area contributed by atoms with Crippen molar-refractivity contribution in [2.24, 2.45) is 0 Å². The Morgan fingerprint density at radius 3 is 2.95 bits per heavy atom. The predicted octanol–water partition coefficient (Wildman–Crippen LogP) is -0.108. The Bertz CT molecular complexity index is 697. The Kier molecular flexibility index (Phi) is 3.27. The molecule has 20 heavy (non-hydrogen) atoms. The van der Waals surface area contributed by atoms with Gasteiger partial charge < -0.3 is 14.6 Å². The number of carbonyl (C=O) groups is 1. The first-order chi connectivity index (χ1) is 9.65. The predicted molar refractivity (Wildman–Crippen MR) is 72.5 cm³/mol. The number of hydrogen-bond acceptors (Lipinski definition) is 4. The van der Waals surface area contributed by atoms with Crippen molar-refractivity contribution in [2.75, 3.05) is 26.3 Å². The van der Waals surface area contributed by atoms with Gasteiger partial charge >= 0.3 is 0 Å². The van der Waals surface area contributed by atoms with E-state index >= 15 is 0 Å². The summed E-state index contributed by atoms with van der Waals surface area (Å²) in [6, 6.07) is 1.75. The van der Waals surface area contributed by atoms with Crippen LogP contribution in [0.25, 0.3) is 11.0 Å². The van der Waals surface area contributed by atoms with Gasteiger partial charge in [0.1, 0.15) is 18.5 Å². The summed E-state index contributed by atoms with van der Waals surface area (Å²) in [6.07, 6.45) is 1.42. The van der Waals surface area contributed by atoms with Crippen LogP contribution >= 0.6 is 0 Å². The molecule has 7 heteroatoms. The van der Waals surface area contributed by atoms with Gasteiger partial charge in [-0.05, 0) is 13.0 Å². The van der Waals surface area contributed by atoms with Crippen molar-refractivity contribution in [3.8, 4) is 0 Å². The molecule has 1 fully saturated rings. The van der Waals surface area contributed by atoms with Crippen LogP contribution in [-0.2, 0) is 16.1 Å². The molecule has 0 spiro atoms. The van der Waals surface area contributed by atoms with Crippen LogP contribution in [0.15, 0.2) is 17.2 Å². The fourth-order valence-corrected chi connectivity index (χ4v) is 2.35. The zero-order valence-corrected chi connectivity index (χ0v) is 11.3. The summed E-state index contributed by atoms with van der Waals surface area (Å²) in [5.41, 5.74) is 1.24. The topological polar surface area (TPSA) is 80.2 Å². The van der Waals surface area contributed by atoms with E-state index in [2.05, 4.69) is 9.97 Å². The monoisotopic (exact) mass is 276 g/mol. The summed E-state index contributed by atoms with van der Waals surface area (Å²) in [5.74, 6) is -0.0798. The summed E-state index contributed by atoms with van der Waals surface area (Å²) in [7, 11) is 0. The standard InChI is InChI=1S/C13H16N4O3/c1-9-6-10-12(15-9)14-8-17(13(10)19)7-11(18)16-2-4-20-5-3-16/h6,8,15H,2-5,7H2,1H3. The number of nitrogens with zero attached hydrogens (tertiary/aromatic N) is 3. The number of carbonyl (C=O) groups excluding carboxylic acids is 1. The number of aryl methyl sites for hydroxylation is 1. The molecule has 7 nitrogen and oxygen atoms in total. The van der Waals surface area contributed by atoms with Crippen molar-refractivity contribution < 1.29 is 9.53 Å². The van der Waals surface area contributed by atoms with E-state index in [9.17, 15) is 9.59 Å². The number of fused-ring (bicyclic) bond motifs is 1. The van der Waals surface area contributed by atoms with Crippen LogP contribution in [0.4, 0.5) is 0 Å². The molecule has 0 saturated carbocycles. The van der Waals surface area contributed by atoms with Gasteiger partial charge in [0.05, 0.1) is 18.6 Å². The van der Waals surface area contributed by atoms with Gasteiger partial charge in [-0.25, -0.2) is 4.98 Å². The van der Waals surface area contributed by atoms with Crippen molar-refractivity contribution in [2.45, 2.75) is 13.5 Å². The van der Waals surface area contributed by atoms with Crippen LogP contribution < -0.4 is 5.56 Å². The average molecular weight is 276 g/mol. The second kappa shape index (κ2) is 5.09. The molecule has 106 valence electrons. The van der Waals surface area contributed by atoms with Gasteiger partial charge in [-0.1, -0.05) is 0 Å². The van der Waals surface area contributed by atoms with E-state index in [1.54, 1.807) is 11.0 Å². The fourth-order valence-electron chi connectivity index (χ4n) is 2.35. The summed E-state index contributed by atoms with van der Waals surface area (Å²) in [5, 5.41) is 0.514. The Morgan fingerprint density at radius 2 is 2.20 bits per heavy atom. The third-order valence-corrected chi connectivity index (χ3v) is 3.42. The van der Waals surface area contributed by atoms with Crippen LogP contribution in [0.2, 0.25) is 0 Å². The molecule has 1 N–H and O–H groups in total. The molecule has 0 atom stereocenters. The van der Waals surface area contributed by atoms with Crippen LogP contribution in [0.5, 0.6) is 0 Å². The van der Waals surface area contributed by atoms with Gasteiger partial charge in [0.15, 0.2) is 0 Å². The molecular formula is C13H16N4O3. The molecule has 3 rings (SSSR count). The molecule has 1 amide bonds. The van der Waals surface area contributed by atoms with E-state index in [-0.39, 0.29) is 18.0 Å². The van der Waals surface area contributed by atoms with Gasteiger partial charge in [0.25, 0.3) is 5.56 Å². The largest absolute Gasteiger partial charge is 0.378 e. The lowest BCUT2D eigenvalue weighted by Gasteiger charge is -2.26. The molecule has 1 aliphatic rings. The highest BCUT2D eigenvalue weighted by Crippen LogP contribution is 2.07. The quantitative estimate of drug-likeness (QED) is 0.830. The third-order valence-electron chi connectivity index (χ3n) is 3.42. The summed E-state index contributed by atoms with van der Waals surface area (Å²) >= 11 is 0. The maximum Gasteiger partial charge on any atom is 0.263 e. The van der Waals surface area contributed by atoms with Gasteiger partial charge in [-0.15, -0.1) is 0 Å². The first kappa shape index (κ1) is 12.9. The lowest BCUT2D eigenvalue weighted by atomic mass is 10.3. The zero-order valence-electron chi connectivity index (χ0n) is 11.3. The number of ether oxygens (including phenoxy) is 1. The van der Waals surface area contributed by atoms with Crippen molar-refractivity contribution in [1.29, 1.82) is 0 Å². The van der Waals surface area contributed by atoms with Crippen LogP contribution in [0, 0.1) is 6.92 Å². The van der Waals surface area contributed by atoms with E-state index in [0.29, 0.717) is 37.3 Å². The number of nitrogens with one attached hydrogen (secondary N) is 1. The van der Waals surface area contributed by atoms with Gasteiger partial charge in [-0.3, -0.25) is 14.2 Å². The third kappa shape index (κ3) is 2.32. The highest BCUT2D eigenvalue weighted by molar-refractivity contribution is 5.78. The van der Waals surface area contributed by atoms with E-state index in [4.69, 9.17) is 4.74 Å². The fraction of sp³-hybridized carbons (Fsp3) is 0.462. The number of aromatic nitrogens is 3.